The molecule has 1 aromatic carbocycles. The molecule has 0 unspecified atom stereocenters. The highest BCUT2D eigenvalue weighted by atomic mass is 79.9. The third-order valence-corrected chi connectivity index (χ3v) is 9.48. The van der Waals surface area contributed by atoms with Crippen molar-refractivity contribution in [2.45, 2.75) is 45.5 Å². The van der Waals surface area contributed by atoms with Gasteiger partial charge in [-0.05, 0) is 36.3 Å². The molecule has 25 heavy (non-hydrogen) atoms. The molecule has 1 aromatic heterocycles. The monoisotopic (exact) mass is 421 g/mol. The van der Waals surface area contributed by atoms with Crippen molar-refractivity contribution in [3.05, 3.63) is 52.5 Å². The van der Waals surface area contributed by atoms with E-state index in [9.17, 15) is 4.79 Å². The quantitative estimate of drug-likeness (QED) is 0.688. The molecule has 0 saturated heterocycles. The SMILES string of the molecule is CC(C)(C)[Si](C)(C)OCc1cc(Br)ccc1NC(=O)c1cnccn1. The normalized spacial score (nSPS) is 12.1. The van der Waals surface area contributed by atoms with Gasteiger partial charge >= 0.3 is 0 Å². The summed E-state index contributed by atoms with van der Waals surface area (Å²) in [6, 6.07) is 5.73. The molecule has 1 heterocycles. The van der Waals surface area contributed by atoms with E-state index in [0.29, 0.717) is 6.61 Å². The molecule has 0 radical (unpaired) electrons. The highest BCUT2D eigenvalue weighted by Crippen LogP contribution is 2.37. The summed E-state index contributed by atoms with van der Waals surface area (Å²) in [5.74, 6) is -0.288. The number of carbonyl (C=O) groups is 1. The molecule has 5 nitrogen and oxygen atoms in total. The van der Waals surface area contributed by atoms with Crippen LogP contribution in [-0.4, -0.2) is 24.2 Å². The molecule has 1 amide bonds. The van der Waals surface area contributed by atoms with Gasteiger partial charge in [-0.2, -0.15) is 0 Å². The van der Waals surface area contributed by atoms with Crippen molar-refractivity contribution in [2.24, 2.45) is 0 Å². The van der Waals surface area contributed by atoms with Crippen molar-refractivity contribution < 1.29 is 9.22 Å². The van der Waals surface area contributed by atoms with Crippen molar-refractivity contribution >= 4 is 35.8 Å². The van der Waals surface area contributed by atoms with Gasteiger partial charge in [0.2, 0.25) is 0 Å². The minimum absolute atomic E-state index is 0.127. The average molecular weight is 422 g/mol. The summed E-state index contributed by atoms with van der Waals surface area (Å²) in [4.78, 5) is 20.3. The molecular formula is C18H24BrN3O2Si. The Morgan fingerprint density at radius 1 is 1.28 bits per heavy atom. The summed E-state index contributed by atoms with van der Waals surface area (Å²) in [5, 5.41) is 3.03. The molecule has 2 aromatic rings. The van der Waals surface area contributed by atoms with Crippen LogP contribution in [0.3, 0.4) is 0 Å². The van der Waals surface area contributed by atoms with E-state index in [4.69, 9.17) is 4.43 Å². The fourth-order valence-corrected chi connectivity index (χ4v) is 3.24. The Hall–Kier alpha value is -1.57. The Balaban J connectivity index is 2.19. The molecule has 2 rings (SSSR count). The van der Waals surface area contributed by atoms with Crippen molar-refractivity contribution in [2.75, 3.05) is 5.32 Å². The molecule has 0 atom stereocenters. The number of hydrogen-bond donors (Lipinski definition) is 1. The zero-order chi connectivity index (χ0) is 18.7. The van der Waals surface area contributed by atoms with Crippen molar-refractivity contribution in [3.8, 4) is 0 Å². The van der Waals surface area contributed by atoms with E-state index < -0.39 is 8.32 Å². The minimum atomic E-state index is -1.88. The van der Waals surface area contributed by atoms with Crippen LogP contribution in [0.2, 0.25) is 18.1 Å². The Morgan fingerprint density at radius 2 is 2.00 bits per heavy atom. The molecule has 7 heteroatoms. The first-order valence-corrected chi connectivity index (χ1v) is 11.8. The lowest BCUT2D eigenvalue weighted by atomic mass is 10.2. The number of carbonyl (C=O) groups excluding carboxylic acids is 1. The van der Waals surface area contributed by atoms with Crippen molar-refractivity contribution in [1.82, 2.24) is 9.97 Å². The van der Waals surface area contributed by atoms with E-state index in [1.165, 1.54) is 18.6 Å². The average Bonchev–Trinajstić information content (AvgIpc) is 2.54. The lowest BCUT2D eigenvalue weighted by Crippen LogP contribution is -2.40. The molecule has 0 aliphatic rings. The third kappa shape index (κ3) is 5.20. The van der Waals surface area contributed by atoms with E-state index in [1.807, 2.05) is 18.2 Å². The van der Waals surface area contributed by atoms with E-state index >= 15 is 0 Å². The first-order valence-electron chi connectivity index (χ1n) is 8.10. The maximum atomic E-state index is 12.4. The van der Waals surface area contributed by atoms with Crippen LogP contribution in [-0.2, 0) is 11.0 Å². The minimum Gasteiger partial charge on any atom is -0.412 e. The third-order valence-electron chi connectivity index (χ3n) is 4.51. The van der Waals surface area contributed by atoms with E-state index in [0.717, 1.165) is 15.7 Å². The number of nitrogens with zero attached hydrogens (tertiary/aromatic N) is 2. The van der Waals surface area contributed by atoms with Gasteiger partial charge in [0.15, 0.2) is 8.32 Å². The molecule has 0 bridgehead atoms. The highest BCUT2D eigenvalue weighted by Gasteiger charge is 2.37. The summed E-state index contributed by atoms with van der Waals surface area (Å²) in [6.45, 7) is 11.5. The standard InChI is InChI=1S/C18H24BrN3O2Si/c1-18(2,3)25(4,5)24-12-13-10-14(19)6-7-15(13)22-17(23)16-11-20-8-9-21-16/h6-11H,12H2,1-5H3,(H,22,23). The number of amides is 1. The van der Waals surface area contributed by atoms with Gasteiger partial charge in [-0.1, -0.05) is 36.7 Å². The smallest absolute Gasteiger partial charge is 0.275 e. The number of aromatic nitrogens is 2. The summed E-state index contributed by atoms with van der Waals surface area (Å²) in [6.07, 6.45) is 4.48. The van der Waals surface area contributed by atoms with Gasteiger partial charge in [0.25, 0.3) is 5.91 Å². The topological polar surface area (TPSA) is 64.1 Å². The molecule has 0 aliphatic heterocycles. The predicted molar refractivity (Wildman–Crippen MR) is 106 cm³/mol. The summed E-state index contributed by atoms with van der Waals surface area (Å²) in [7, 11) is -1.88. The number of benzene rings is 1. The second-order valence-electron chi connectivity index (χ2n) is 7.40. The molecular weight excluding hydrogens is 398 g/mol. The summed E-state index contributed by atoms with van der Waals surface area (Å²) >= 11 is 3.49. The fourth-order valence-electron chi connectivity index (χ4n) is 1.88. The molecule has 0 saturated carbocycles. The molecule has 0 fully saturated rings. The number of hydrogen-bond acceptors (Lipinski definition) is 4. The second kappa shape index (κ2) is 7.76. The Kier molecular flexibility index (Phi) is 6.13. The van der Waals surface area contributed by atoms with Crippen LogP contribution in [0.15, 0.2) is 41.3 Å². The highest BCUT2D eigenvalue weighted by molar-refractivity contribution is 9.10. The second-order valence-corrected chi connectivity index (χ2v) is 13.1. The number of halogens is 1. The summed E-state index contributed by atoms with van der Waals surface area (Å²) < 4.78 is 7.25. The van der Waals surface area contributed by atoms with E-state index in [-0.39, 0.29) is 16.6 Å². The van der Waals surface area contributed by atoms with E-state index in [2.05, 4.69) is 65.1 Å². The zero-order valence-corrected chi connectivity index (χ0v) is 17.8. The first-order chi connectivity index (χ1) is 11.6. The van der Waals surface area contributed by atoms with E-state index in [1.54, 1.807) is 0 Å². The van der Waals surface area contributed by atoms with Crippen LogP contribution >= 0.6 is 15.9 Å². The Labute approximate surface area is 158 Å². The van der Waals surface area contributed by atoms with Gasteiger partial charge < -0.3 is 9.74 Å². The van der Waals surface area contributed by atoms with Crippen LogP contribution in [0, 0.1) is 0 Å². The molecule has 0 spiro atoms. The molecule has 134 valence electrons. The lowest BCUT2D eigenvalue weighted by molar-refractivity contribution is 0.102. The largest absolute Gasteiger partial charge is 0.412 e. The Bertz CT molecular complexity index is 746. The number of anilines is 1. The number of nitrogens with one attached hydrogen (secondary N) is 1. The predicted octanol–water partition coefficient (Wildman–Crippen LogP) is 5.01. The zero-order valence-electron chi connectivity index (χ0n) is 15.3. The van der Waals surface area contributed by atoms with Crippen LogP contribution in [0.5, 0.6) is 0 Å². The molecule has 1 N–H and O–H groups in total. The van der Waals surface area contributed by atoms with Crippen LogP contribution in [0.1, 0.15) is 36.8 Å². The van der Waals surface area contributed by atoms with Gasteiger partial charge in [-0.3, -0.25) is 9.78 Å². The van der Waals surface area contributed by atoms with Gasteiger partial charge in [0.1, 0.15) is 5.69 Å². The van der Waals surface area contributed by atoms with Crippen LogP contribution in [0.4, 0.5) is 5.69 Å². The van der Waals surface area contributed by atoms with Crippen LogP contribution < -0.4 is 5.32 Å². The Morgan fingerprint density at radius 3 is 2.60 bits per heavy atom. The molecule has 0 aliphatic carbocycles. The van der Waals surface area contributed by atoms with Gasteiger partial charge in [0.05, 0.1) is 12.8 Å². The first kappa shape index (κ1) is 19.7. The maximum Gasteiger partial charge on any atom is 0.275 e. The van der Waals surface area contributed by atoms with Gasteiger partial charge in [0, 0.05) is 28.1 Å². The van der Waals surface area contributed by atoms with Crippen molar-refractivity contribution in [1.29, 1.82) is 0 Å². The van der Waals surface area contributed by atoms with Gasteiger partial charge in [-0.25, -0.2) is 4.98 Å². The maximum absolute atomic E-state index is 12.4. The fraction of sp³-hybridized carbons (Fsp3) is 0.389. The lowest BCUT2D eigenvalue weighted by Gasteiger charge is -2.36. The van der Waals surface area contributed by atoms with Crippen molar-refractivity contribution in [3.63, 3.8) is 0 Å². The van der Waals surface area contributed by atoms with Gasteiger partial charge in [-0.15, -0.1) is 0 Å². The van der Waals surface area contributed by atoms with Crippen LogP contribution in [0.25, 0.3) is 0 Å². The summed E-state index contributed by atoms with van der Waals surface area (Å²) in [5.41, 5.74) is 1.93. The number of rotatable bonds is 5.